The fraction of sp³-hybridized carbons (Fsp3) is 0.368. The molecule has 26 heavy (non-hydrogen) atoms. The minimum atomic E-state index is -3.62. The van der Waals surface area contributed by atoms with Gasteiger partial charge in [0.2, 0.25) is 10.0 Å². The van der Waals surface area contributed by atoms with Gasteiger partial charge in [-0.3, -0.25) is 0 Å². The molecule has 1 fully saturated rings. The van der Waals surface area contributed by atoms with Crippen LogP contribution >= 0.6 is 0 Å². The fourth-order valence-electron chi connectivity index (χ4n) is 3.32. The number of halogens is 2. The lowest BCUT2D eigenvalue weighted by atomic mass is 9.92. The molecule has 7 heteroatoms. The van der Waals surface area contributed by atoms with Crippen molar-refractivity contribution in [2.75, 3.05) is 7.05 Å². The highest BCUT2D eigenvalue weighted by Crippen LogP contribution is 2.25. The highest BCUT2D eigenvalue weighted by Gasteiger charge is 2.25. The van der Waals surface area contributed by atoms with Gasteiger partial charge in [0.1, 0.15) is 11.6 Å². The zero-order valence-electron chi connectivity index (χ0n) is 14.5. The van der Waals surface area contributed by atoms with Gasteiger partial charge in [-0.05, 0) is 62.6 Å². The molecule has 0 spiro atoms. The summed E-state index contributed by atoms with van der Waals surface area (Å²) in [4.78, 5) is 0.138. The largest absolute Gasteiger partial charge is 0.317 e. The summed E-state index contributed by atoms with van der Waals surface area (Å²) in [6.45, 7) is 0. The van der Waals surface area contributed by atoms with E-state index in [4.69, 9.17) is 0 Å². The van der Waals surface area contributed by atoms with Crippen LogP contribution in [-0.2, 0) is 10.0 Å². The Morgan fingerprint density at radius 1 is 0.923 bits per heavy atom. The third kappa shape index (κ3) is 4.28. The van der Waals surface area contributed by atoms with E-state index in [0.717, 1.165) is 31.7 Å². The predicted octanol–water partition coefficient (Wildman–Crippen LogP) is 3.44. The van der Waals surface area contributed by atoms with Gasteiger partial charge in [-0.15, -0.1) is 0 Å². The normalized spacial score (nSPS) is 20.9. The lowest BCUT2D eigenvalue weighted by Gasteiger charge is -2.28. The summed E-state index contributed by atoms with van der Waals surface area (Å²) in [6, 6.07) is 9.65. The second kappa shape index (κ2) is 7.82. The highest BCUT2D eigenvalue weighted by atomic mass is 32.2. The van der Waals surface area contributed by atoms with Gasteiger partial charge in [0.15, 0.2) is 0 Å². The van der Waals surface area contributed by atoms with E-state index < -0.39 is 21.7 Å². The molecule has 0 aliphatic heterocycles. The molecule has 140 valence electrons. The van der Waals surface area contributed by atoms with Crippen LogP contribution in [0.25, 0.3) is 11.1 Å². The first-order valence-electron chi connectivity index (χ1n) is 8.64. The van der Waals surface area contributed by atoms with Gasteiger partial charge >= 0.3 is 0 Å². The topological polar surface area (TPSA) is 58.2 Å². The summed E-state index contributed by atoms with van der Waals surface area (Å²) in [5.41, 5.74) is 0.727. The van der Waals surface area contributed by atoms with Crippen molar-refractivity contribution in [2.24, 2.45) is 0 Å². The Hall–Kier alpha value is -1.83. The molecule has 4 nitrogen and oxygen atoms in total. The lowest BCUT2D eigenvalue weighted by Crippen LogP contribution is -2.41. The van der Waals surface area contributed by atoms with E-state index in [0.29, 0.717) is 11.6 Å². The fourth-order valence-corrected chi connectivity index (χ4v) is 4.63. The Balaban J connectivity index is 1.73. The molecular weight excluding hydrogens is 358 g/mol. The van der Waals surface area contributed by atoms with Crippen molar-refractivity contribution in [3.05, 3.63) is 54.1 Å². The molecule has 2 aromatic carbocycles. The van der Waals surface area contributed by atoms with Gasteiger partial charge in [-0.1, -0.05) is 12.1 Å². The van der Waals surface area contributed by atoms with Gasteiger partial charge in [0, 0.05) is 23.7 Å². The van der Waals surface area contributed by atoms with E-state index in [1.54, 1.807) is 0 Å². The number of hydrogen-bond acceptors (Lipinski definition) is 3. The Kier molecular flexibility index (Phi) is 5.70. The maximum atomic E-state index is 13.9. The molecule has 0 atom stereocenters. The quantitative estimate of drug-likeness (QED) is 0.835. The smallest absolute Gasteiger partial charge is 0.240 e. The van der Waals surface area contributed by atoms with Gasteiger partial charge in [-0.2, -0.15) is 0 Å². The molecular formula is C19H22F2N2O2S. The molecule has 0 amide bonds. The van der Waals surface area contributed by atoms with Crippen molar-refractivity contribution >= 4 is 10.0 Å². The summed E-state index contributed by atoms with van der Waals surface area (Å²) in [6.07, 6.45) is 3.46. The van der Waals surface area contributed by atoms with Crippen LogP contribution < -0.4 is 10.0 Å². The first kappa shape index (κ1) is 18.9. The number of nitrogens with one attached hydrogen (secondary N) is 2. The molecule has 2 N–H and O–H groups in total. The molecule has 1 aliphatic carbocycles. The number of benzene rings is 2. The van der Waals surface area contributed by atoms with Gasteiger partial charge in [0.05, 0.1) is 4.90 Å². The zero-order chi connectivity index (χ0) is 18.7. The van der Waals surface area contributed by atoms with Crippen LogP contribution in [0.3, 0.4) is 0 Å². The summed E-state index contributed by atoms with van der Waals surface area (Å²) < 4.78 is 54.8. The van der Waals surface area contributed by atoms with E-state index >= 15 is 0 Å². The minimum Gasteiger partial charge on any atom is -0.317 e. The molecule has 0 heterocycles. The van der Waals surface area contributed by atoms with Crippen molar-refractivity contribution < 1.29 is 17.2 Å². The van der Waals surface area contributed by atoms with Gasteiger partial charge < -0.3 is 5.32 Å². The molecule has 3 rings (SSSR count). The van der Waals surface area contributed by atoms with E-state index in [-0.39, 0.29) is 16.5 Å². The second-order valence-electron chi connectivity index (χ2n) is 6.61. The predicted molar refractivity (Wildman–Crippen MR) is 97.2 cm³/mol. The van der Waals surface area contributed by atoms with Crippen LogP contribution in [0, 0.1) is 11.6 Å². The standard InChI is InChI=1S/C19H22F2N2O2S/c1-22-15-5-7-16(8-6-15)23-26(24,25)17-9-2-13(3-10-17)18-11-4-14(20)12-19(18)21/h2-4,9-12,15-16,22-23H,5-8H2,1H3. The Bertz CT molecular complexity index is 862. The van der Waals surface area contributed by atoms with Crippen molar-refractivity contribution in [1.82, 2.24) is 10.0 Å². The van der Waals surface area contributed by atoms with E-state index in [1.165, 1.54) is 36.4 Å². The molecule has 0 bridgehead atoms. The number of hydrogen-bond donors (Lipinski definition) is 2. The molecule has 0 aromatic heterocycles. The lowest BCUT2D eigenvalue weighted by molar-refractivity contribution is 0.343. The molecule has 0 unspecified atom stereocenters. The van der Waals surface area contributed by atoms with Crippen LogP contribution in [0.2, 0.25) is 0 Å². The first-order chi connectivity index (χ1) is 12.4. The van der Waals surface area contributed by atoms with Gasteiger partial charge in [0.25, 0.3) is 0 Å². The van der Waals surface area contributed by atoms with Crippen molar-refractivity contribution in [1.29, 1.82) is 0 Å². The maximum absolute atomic E-state index is 13.9. The molecule has 1 aliphatic rings. The van der Waals surface area contributed by atoms with Crippen LogP contribution in [0.4, 0.5) is 8.78 Å². The van der Waals surface area contributed by atoms with Crippen molar-refractivity contribution in [3.63, 3.8) is 0 Å². The third-order valence-electron chi connectivity index (χ3n) is 4.86. The second-order valence-corrected chi connectivity index (χ2v) is 8.32. The van der Waals surface area contributed by atoms with E-state index in [9.17, 15) is 17.2 Å². The SMILES string of the molecule is CNC1CCC(NS(=O)(=O)c2ccc(-c3ccc(F)cc3F)cc2)CC1. The Labute approximate surface area is 152 Å². The van der Waals surface area contributed by atoms with E-state index in [1.807, 2.05) is 7.05 Å². The highest BCUT2D eigenvalue weighted by molar-refractivity contribution is 7.89. The number of sulfonamides is 1. The monoisotopic (exact) mass is 380 g/mol. The Morgan fingerprint density at radius 2 is 1.54 bits per heavy atom. The molecule has 1 saturated carbocycles. The zero-order valence-corrected chi connectivity index (χ0v) is 15.3. The molecule has 0 radical (unpaired) electrons. The van der Waals surface area contributed by atoms with E-state index in [2.05, 4.69) is 10.0 Å². The number of rotatable bonds is 5. The maximum Gasteiger partial charge on any atom is 0.240 e. The average Bonchev–Trinajstić information content (AvgIpc) is 2.62. The van der Waals surface area contributed by atoms with Crippen molar-refractivity contribution in [2.45, 2.75) is 42.7 Å². The van der Waals surface area contributed by atoms with Gasteiger partial charge in [-0.25, -0.2) is 21.9 Å². The third-order valence-corrected chi connectivity index (χ3v) is 6.40. The molecule has 0 saturated heterocycles. The Morgan fingerprint density at radius 3 is 2.12 bits per heavy atom. The van der Waals surface area contributed by atoms with Crippen LogP contribution in [0.1, 0.15) is 25.7 Å². The summed E-state index contributed by atoms with van der Waals surface area (Å²) >= 11 is 0. The summed E-state index contributed by atoms with van der Waals surface area (Å²) in [5.74, 6) is -1.33. The summed E-state index contributed by atoms with van der Waals surface area (Å²) in [5, 5.41) is 3.22. The van der Waals surface area contributed by atoms with Crippen LogP contribution in [0.15, 0.2) is 47.4 Å². The average molecular weight is 380 g/mol. The van der Waals surface area contributed by atoms with Crippen molar-refractivity contribution in [3.8, 4) is 11.1 Å². The molecule has 2 aromatic rings. The summed E-state index contributed by atoms with van der Waals surface area (Å²) in [7, 11) is -1.71. The van der Waals surface area contributed by atoms with Crippen LogP contribution in [-0.4, -0.2) is 27.5 Å². The van der Waals surface area contributed by atoms with Crippen LogP contribution in [0.5, 0.6) is 0 Å². The minimum absolute atomic E-state index is 0.0705. The first-order valence-corrected chi connectivity index (χ1v) is 10.1.